The number of halogens is 2. The number of rotatable bonds is 6. The summed E-state index contributed by atoms with van der Waals surface area (Å²) in [6, 6.07) is 11.5. The summed E-state index contributed by atoms with van der Waals surface area (Å²) in [5, 5.41) is -0.463. The van der Waals surface area contributed by atoms with Crippen molar-refractivity contribution in [3.63, 3.8) is 0 Å². The number of nitrogens with zero attached hydrogens (tertiary/aromatic N) is 2. The molecule has 4 rings (SSSR count). The van der Waals surface area contributed by atoms with E-state index < -0.39 is 17.1 Å². The van der Waals surface area contributed by atoms with Gasteiger partial charge in [0.25, 0.3) is 11.1 Å². The molecule has 8 nitrogen and oxygen atoms in total. The molecule has 0 N–H and O–H groups in total. The number of carbonyl (C=O) groups is 4. The summed E-state index contributed by atoms with van der Waals surface area (Å²) in [6.45, 7) is 0.544. The third-order valence-corrected chi connectivity index (χ3v) is 8.04. The lowest BCUT2D eigenvalue weighted by atomic mass is 10.00. The Morgan fingerprint density at radius 2 is 1.80 bits per heavy atom. The summed E-state index contributed by atoms with van der Waals surface area (Å²) in [4.78, 5) is 52.7. The maximum atomic E-state index is 12.9. The highest BCUT2D eigenvalue weighted by atomic mass is 127. The van der Waals surface area contributed by atoms with E-state index in [2.05, 4.69) is 56.0 Å². The molecule has 2 aromatic carbocycles. The number of hydrogen-bond donors (Lipinski definition) is 0. The lowest BCUT2D eigenvalue weighted by molar-refractivity contribution is -0.143. The molecule has 0 aromatic heterocycles. The normalized spacial score (nSPS) is 16.5. The Hall–Kier alpha value is -2.13. The van der Waals surface area contributed by atoms with E-state index in [1.54, 1.807) is 23.1 Å². The number of carbonyl (C=O) groups excluding carboxylic acids is 4. The summed E-state index contributed by atoms with van der Waals surface area (Å²) >= 11 is 4.98. The quantitative estimate of drug-likeness (QED) is 0.253. The largest absolute Gasteiger partial charge is 0.480 e. The van der Waals surface area contributed by atoms with Crippen LogP contribution in [-0.4, -0.2) is 59.6 Å². The van der Waals surface area contributed by atoms with E-state index in [0.29, 0.717) is 24.4 Å². The van der Waals surface area contributed by atoms with Gasteiger partial charge in [-0.2, -0.15) is 0 Å². The van der Waals surface area contributed by atoms with E-state index in [9.17, 15) is 19.2 Å². The van der Waals surface area contributed by atoms with E-state index in [1.807, 2.05) is 18.2 Å². The molecule has 0 spiro atoms. The standard InChI is InChI=1S/C24H20I2N2O6S/c1-33-21(30)13-34-22-17(25)8-14(9-18(22)26)10-19-23(31)28(24(32)35-19)12-20(29)27-7-6-15-4-2-3-5-16(15)11-27/h2-5,8-10H,6-7,11-13H2,1H3/b19-10-. The fraction of sp³-hybridized carbons (Fsp3) is 0.250. The van der Waals surface area contributed by atoms with Gasteiger partial charge >= 0.3 is 5.97 Å². The van der Waals surface area contributed by atoms with Gasteiger partial charge in [0.2, 0.25) is 5.91 Å². The molecule has 2 heterocycles. The lowest BCUT2D eigenvalue weighted by Gasteiger charge is -2.29. The molecule has 0 saturated carbocycles. The van der Waals surface area contributed by atoms with Gasteiger partial charge in [0, 0.05) is 13.1 Å². The predicted octanol–water partition coefficient (Wildman–Crippen LogP) is 4.07. The second-order valence-electron chi connectivity index (χ2n) is 7.78. The van der Waals surface area contributed by atoms with Crippen LogP contribution in [0, 0.1) is 7.14 Å². The van der Waals surface area contributed by atoms with Crippen LogP contribution in [0.3, 0.4) is 0 Å². The molecular weight excluding hydrogens is 698 g/mol. The van der Waals surface area contributed by atoms with Gasteiger partial charge in [0.05, 0.1) is 19.2 Å². The molecule has 2 aromatic rings. The van der Waals surface area contributed by atoms with Crippen LogP contribution in [0.15, 0.2) is 41.3 Å². The maximum Gasteiger partial charge on any atom is 0.343 e. The Morgan fingerprint density at radius 3 is 2.49 bits per heavy atom. The summed E-state index contributed by atoms with van der Waals surface area (Å²) in [7, 11) is 1.29. The van der Waals surface area contributed by atoms with Crippen LogP contribution >= 0.6 is 56.9 Å². The topological polar surface area (TPSA) is 93.2 Å². The first-order valence-corrected chi connectivity index (χ1v) is 13.5. The van der Waals surface area contributed by atoms with Gasteiger partial charge in [0.15, 0.2) is 6.61 Å². The molecule has 2 aliphatic rings. The lowest BCUT2D eigenvalue weighted by Crippen LogP contribution is -2.44. The van der Waals surface area contributed by atoms with Crippen LogP contribution in [0.4, 0.5) is 4.79 Å². The van der Waals surface area contributed by atoms with Crippen LogP contribution in [0.5, 0.6) is 5.75 Å². The SMILES string of the molecule is COC(=O)COc1c(I)cc(/C=C2\SC(=O)N(CC(=O)N3CCc4ccccc4C3)C2=O)cc1I. The van der Waals surface area contributed by atoms with Crippen LogP contribution in [0.1, 0.15) is 16.7 Å². The van der Waals surface area contributed by atoms with Crippen molar-refractivity contribution in [2.45, 2.75) is 13.0 Å². The highest BCUT2D eigenvalue weighted by Gasteiger charge is 2.37. The van der Waals surface area contributed by atoms with Crippen molar-refractivity contribution in [2.24, 2.45) is 0 Å². The Labute approximate surface area is 233 Å². The van der Waals surface area contributed by atoms with Gasteiger partial charge < -0.3 is 14.4 Å². The van der Waals surface area contributed by atoms with Crippen molar-refractivity contribution in [1.82, 2.24) is 9.80 Å². The minimum Gasteiger partial charge on any atom is -0.480 e. The number of benzene rings is 2. The van der Waals surface area contributed by atoms with E-state index >= 15 is 0 Å². The maximum absolute atomic E-state index is 12.9. The van der Waals surface area contributed by atoms with Crippen LogP contribution in [-0.2, 0) is 32.1 Å². The second-order valence-corrected chi connectivity index (χ2v) is 11.1. The summed E-state index contributed by atoms with van der Waals surface area (Å²) < 4.78 is 11.6. The Bertz CT molecular complexity index is 1230. The van der Waals surface area contributed by atoms with Crippen molar-refractivity contribution in [2.75, 3.05) is 26.8 Å². The first kappa shape index (κ1) is 25.9. The van der Waals surface area contributed by atoms with Crippen LogP contribution < -0.4 is 4.74 Å². The van der Waals surface area contributed by atoms with Crippen molar-refractivity contribution in [3.8, 4) is 5.75 Å². The number of thioether (sulfide) groups is 1. The molecular formula is C24H20I2N2O6S. The van der Waals surface area contributed by atoms with Crippen molar-refractivity contribution >= 4 is 86.0 Å². The average Bonchev–Trinajstić information content (AvgIpc) is 3.10. The van der Waals surface area contributed by atoms with E-state index in [-0.39, 0.29) is 24.0 Å². The highest BCUT2D eigenvalue weighted by molar-refractivity contribution is 14.1. The molecule has 11 heteroatoms. The molecule has 0 atom stereocenters. The third-order valence-electron chi connectivity index (χ3n) is 5.53. The van der Waals surface area contributed by atoms with Gasteiger partial charge in [-0.15, -0.1) is 0 Å². The number of methoxy groups -OCH3 is 1. The van der Waals surface area contributed by atoms with E-state index in [0.717, 1.165) is 35.8 Å². The van der Waals surface area contributed by atoms with E-state index in [1.165, 1.54) is 12.7 Å². The molecule has 35 heavy (non-hydrogen) atoms. The monoisotopic (exact) mass is 718 g/mol. The first-order valence-electron chi connectivity index (χ1n) is 10.6. The molecule has 1 fully saturated rings. The van der Waals surface area contributed by atoms with Gasteiger partial charge in [-0.3, -0.25) is 19.3 Å². The molecule has 0 unspecified atom stereocenters. The summed E-state index contributed by atoms with van der Waals surface area (Å²) in [5.41, 5.74) is 3.01. The average molecular weight is 718 g/mol. The minimum atomic E-state index is -0.488. The number of esters is 1. The third kappa shape index (κ3) is 6.00. The summed E-state index contributed by atoms with van der Waals surface area (Å²) in [5.74, 6) is -0.686. The number of ether oxygens (including phenoxy) is 2. The fourth-order valence-electron chi connectivity index (χ4n) is 3.72. The first-order chi connectivity index (χ1) is 16.8. The zero-order valence-corrected chi connectivity index (χ0v) is 23.7. The zero-order chi connectivity index (χ0) is 25.1. The Morgan fingerprint density at radius 1 is 1.11 bits per heavy atom. The molecule has 3 amide bonds. The number of hydrogen-bond acceptors (Lipinski definition) is 7. The minimum absolute atomic E-state index is 0.211. The molecule has 182 valence electrons. The molecule has 0 aliphatic carbocycles. The van der Waals surface area contributed by atoms with Gasteiger partial charge in [-0.05, 0) is 98.3 Å². The second kappa shape index (κ2) is 11.3. The van der Waals surface area contributed by atoms with Crippen LogP contribution in [0.25, 0.3) is 6.08 Å². The Kier molecular flexibility index (Phi) is 8.37. The highest BCUT2D eigenvalue weighted by Crippen LogP contribution is 2.35. The number of imide groups is 1. The Balaban J connectivity index is 1.44. The smallest absolute Gasteiger partial charge is 0.343 e. The van der Waals surface area contributed by atoms with Crippen LogP contribution in [0.2, 0.25) is 0 Å². The predicted molar refractivity (Wildman–Crippen MR) is 148 cm³/mol. The van der Waals surface area contributed by atoms with Gasteiger partial charge in [-0.25, -0.2) is 4.79 Å². The zero-order valence-electron chi connectivity index (χ0n) is 18.6. The fourth-order valence-corrected chi connectivity index (χ4v) is 6.69. The van der Waals surface area contributed by atoms with Crippen molar-refractivity contribution in [1.29, 1.82) is 0 Å². The van der Waals surface area contributed by atoms with Gasteiger partial charge in [0.1, 0.15) is 12.3 Å². The number of fused-ring (bicyclic) bond motifs is 1. The molecule has 0 radical (unpaired) electrons. The van der Waals surface area contributed by atoms with Crippen molar-refractivity contribution in [3.05, 3.63) is 65.1 Å². The number of amides is 3. The summed E-state index contributed by atoms with van der Waals surface area (Å²) in [6.07, 6.45) is 2.38. The molecule has 2 aliphatic heterocycles. The molecule has 1 saturated heterocycles. The van der Waals surface area contributed by atoms with Gasteiger partial charge in [-0.1, -0.05) is 24.3 Å². The van der Waals surface area contributed by atoms with E-state index in [4.69, 9.17) is 4.74 Å². The van der Waals surface area contributed by atoms with Crippen molar-refractivity contribution < 1.29 is 28.7 Å². The molecule has 0 bridgehead atoms.